The van der Waals surface area contributed by atoms with E-state index in [1.54, 1.807) is 31.2 Å². The molecule has 0 atom stereocenters. The molecule has 0 fully saturated rings. The van der Waals surface area contributed by atoms with Crippen molar-refractivity contribution in [1.29, 1.82) is 0 Å². The maximum absolute atomic E-state index is 11.4. The van der Waals surface area contributed by atoms with E-state index in [-0.39, 0.29) is 6.61 Å². The van der Waals surface area contributed by atoms with Crippen LogP contribution < -0.4 is 0 Å². The average Bonchev–Trinajstić information content (AvgIpc) is 2.14. The molecule has 0 aliphatic heterocycles. The van der Waals surface area contributed by atoms with Crippen LogP contribution in [0, 0.1) is 0 Å². The molecule has 0 amide bonds. The minimum atomic E-state index is -1.04. The Labute approximate surface area is 92.8 Å². The molecule has 0 aliphatic rings. The van der Waals surface area contributed by atoms with Crippen LogP contribution in [-0.2, 0) is 4.74 Å². The van der Waals surface area contributed by atoms with Crippen LogP contribution in [0.4, 0.5) is 0 Å². The van der Waals surface area contributed by atoms with Crippen LogP contribution in [0.2, 0.25) is 0 Å². The molecule has 14 heavy (non-hydrogen) atoms. The van der Waals surface area contributed by atoms with Gasteiger partial charge in [0, 0.05) is 0 Å². The number of halogens is 2. The zero-order chi connectivity index (χ0) is 10.6. The molecule has 0 heterocycles. The maximum Gasteiger partial charge on any atom is 0.338 e. The quantitative estimate of drug-likeness (QED) is 0.592. The highest BCUT2D eigenvalue weighted by Crippen LogP contribution is 2.20. The summed E-state index contributed by atoms with van der Waals surface area (Å²) in [5, 5.41) is 0. The van der Waals surface area contributed by atoms with Crippen molar-refractivity contribution in [3.05, 3.63) is 35.9 Å². The minimum Gasteiger partial charge on any atom is -0.459 e. The Kier molecular flexibility index (Phi) is 3.78. The Hall–Kier alpha value is -0.730. The van der Waals surface area contributed by atoms with E-state index in [4.69, 9.17) is 27.9 Å². The highest BCUT2D eigenvalue weighted by Gasteiger charge is 2.19. The van der Waals surface area contributed by atoms with E-state index < -0.39 is 10.3 Å². The van der Waals surface area contributed by atoms with Gasteiger partial charge in [0.25, 0.3) is 0 Å². The fourth-order valence-electron chi connectivity index (χ4n) is 0.850. The van der Waals surface area contributed by atoms with Gasteiger partial charge in [-0.2, -0.15) is 0 Å². The SMILES string of the molecule is CC(Cl)(Cl)COC(=O)c1ccccc1. The van der Waals surface area contributed by atoms with Crippen molar-refractivity contribution in [3.8, 4) is 0 Å². The topological polar surface area (TPSA) is 26.3 Å². The number of rotatable bonds is 3. The number of carbonyl (C=O) groups excluding carboxylic acids is 1. The molecule has 0 spiro atoms. The summed E-state index contributed by atoms with van der Waals surface area (Å²) >= 11 is 11.3. The normalized spacial score (nSPS) is 11.1. The smallest absolute Gasteiger partial charge is 0.338 e. The molecule has 1 aromatic carbocycles. The molecular weight excluding hydrogens is 223 g/mol. The van der Waals surface area contributed by atoms with Crippen LogP contribution in [0.3, 0.4) is 0 Å². The number of carbonyl (C=O) groups is 1. The molecule has 0 saturated carbocycles. The summed E-state index contributed by atoms with van der Waals surface area (Å²) in [5.74, 6) is -0.418. The van der Waals surface area contributed by atoms with Gasteiger partial charge < -0.3 is 4.74 Å². The second kappa shape index (κ2) is 4.67. The van der Waals surface area contributed by atoms with Crippen molar-refractivity contribution in [2.24, 2.45) is 0 Å². The van der Waals surface area contributed by atoms with E-state index in [2.05, 4.69) is 0 Å². The molecule has 0 aromatic heterocycles. The summed E-state index contributed by atoms with van der Waals surface area (Å²) in [5.41, 5.74) is 0.491. The summed E-state index contributed by atoms with van der Waals surface area (Å²) in [6, 6.07) is 8.68. The molecule has 0 N–H and O–H groups in total. The lowest BCUT2D eigenvalue weighted by Crippen LogP contribution is -2.19. The molecular formula is C10H10Cl2O2. The molecule has 1 aromatic rings. The van der Waals surface area contributed by atoms with Crippen LogP contribution in [0.5, 0.6) is 0 Å². The van der Waals surface area contributed by atoms with Crippen molar-refractivity contribution < 1.29 is 9.53 Å². The Morgan fingerprint density at radius 3 is 2.43 bits per heavy atom. The first-order chi connectivity index (χ1) is 6.49. The van der Waals surface area contributed by atoms with Crippen LogP contribution in [-0.4, -0.2) is 16.9 Å². The Bertz CT molecular complexity index is 304. The monoisotopic (exact) mass is 232 g/mol. The average molecular weight is 233 g/mol. The lowest BCUT2D eigenvalue weighted by molar-refractivity contribution is 0.0496. The Morgan fingerprint density at radius 1 is 1.36 bits per heavy atom. The number of esters is 1. The fourth-order valence-corrected chi connectivity index (χ4v) is 0.959. The minimum absolute atomic E-state index is 0.0240. The van der Waals surface area contributed by atoms with E-state index in [0.29, 0.717) is 5.56 Å². The van der Waals surface area contributed by atoms with E-state index in [0.717, 1.165) is 0 Å². The second-order valence-corrected chi connectivity index (χ2v) is 4.87. The van der Waals surface area contributed by atoms with Crippen LogP contribution in [0.25, 0.3) is 0 Å². The van der Waals surface area contributed by atoms with Gasteiger partial charge in [0.15, 0.2) is 0 Å². The van der Waals surface area contributed by atoms with E-state index in [1.807, 2.05) is 6.07 Å². The van der Waals surface area contributed by atoms with Gasteiger partial charge in [-0.25, -0.2) is 4.79 Å². The molecule has 0 unspecified atom stereocenters. The van der Waals surface area contributed by atoms with Gasteiger partial charge in [0.2, 0.25) is 0 Å². The third-order valence-corrected chi connectivity index (χ3v) is 1.68. The molecule has 0 aliphatic carbocycles. The zero-order valence-corrected chi connectivity index (χ0v) is 9.18. The largest absolute Gasteiger partial charge is 0.459 e. The molecule has 4 heteroatoms. The van der Waals surface area contributed by atoms with Crippen molar-refractivity contribution in [1.82, 2.24) is 0 Å². The predicted octanol–water partition coefficient (Wildman–Crippen LogP) is 3.04. The number of hydrogen-bond acceptors (Lipinski definition) is 2. The molecule has 0 radical (unpaired) electrons. The molecule has 2 nitrogen and oxygen atoms in total. The molecule has 0 saturated heterocycles. The van der Waals surface area contributed by atoms with E-state index >= 15 is 0 Å². The van der Waals surface area contributed by atoms with E-state index in [1.165, 1.54) is 0 Å². The summed E-state index contributed by atoms with van der Waals surface area (Å²) < 4.78 is 3.85. The predicted molar refractivity (Wildman–Crippen MR) is 56.8 cm³/mol. The highest BCUT2D eigenvalue weighted by molar-refractivity contribution is 6.48. The van der Waals surface area contributed by atoms with Crippen LogP contribution in [0.1, 0.15) is 17.3 Å². The number of ether oxygens (including phenoxy) is 1. The lowest BCUT2D eigenvalue weighted by Gasteiger charge is -2.12. The van der Waals surface area contributed by atoms with Gasteiger partial charge in [-0.3, -0.25) is 0 Å². The van der Waals surface area contributed by atoms with Crippen LogP contribution >= 0.6 is 23.2 Å². The molecule has 76 valence electrons. The Balaban J connectivity index is 2.52. The first kappa shape index (κ1) is 11.3. The standard InChI is InChI=1S/C10H10Cl2O2/c1-10(11,12)7-14-9(13)8-5-3-2-4-6-8/h2-6H,7H2,1H3. The summed E-state index contributed by atoms with van der Waals surface area (Å²) in [6.07, 6.45) is 0. The van der Waals surface area contributed by atoms with Crippen molar-refractivity contribution in [2.45, 2.75) is 11.3 Å². The first-order valence-corrected chi connectivity index (χ1v) is 4.85. The van der Waals surface area contributed by atoms with Gasteiger partial charge in [0.1, 0.15) is 10.9 Å². The fraction of sp³-hybridized carbons (Fsp3) is 0.300. The number of alkyl halides is 2. The molecule has 1 rings (SSSR count). The highest BCUT2D eigenvalue weighted by atomic mass is 35.5. The van der Waals surface area contributed by atoms with Gasteiger partial charge in [-0.1, -0.05) is 41.4 Å². The maximum atomic E-state index is 11.4. The first-order valence-electron chi connectivity index (χ1n) is 4.09. The summed E-state index contributed by atoms with van der Waals surface area (Å²) in [6.45, 7) is 1.54. The summed E-state index contributed by atoms with van der Waals surface area (Å²) in [4.78, 5) is 11.4. The van der Waals surface area contributed by atoms with Gasteiger partial charge in [-0.05, 0) is 19.1 Å². The third-order valence-electron chi connectivity index (χ3n) is 1.47. The van der Waals surface area contributed by atoms with Gasteiger partial charge in [0.05, 0.1) is 5.56 Å². The second-order valence-electron chi connectivity index (χ2n) is 3.01. The zero-order valence-electron chi connectivity index (χ0n) is 7.67. The third kappa shape index (κ3) is 3.99. The molecule has 0 bridgehead atoms. The van der Waals surface area contributed by atoms with Gasteiger partial charge in [-0.15, -0.1) is 0 Å². The van der Waals surface area contributed by atoms with Crippen LogP contribution in [0.15, 0.2) is 30.3 Å². The lowest BCUT2D eigenvalue weighted by atomic mass is 10.2. The Morgan fingerprint density at radius 2 is 1.93 bits per heavy atom. The number of benzene rings is 1. The summed E-state index contributed by atoms with van der Waals surface area (Å²) in [7, 11) is 0. The van der Waals surface area contributed by atoms with Crippen molar-refractivity contribution >= 4 is 29.2 Å². The van der Waals surface area contributed by atoms with Crippen molar-refractivity contribution in [2.75, 3.05) is 6.61 Å². The van der Waals surface area contributed by atoms with E-state index in [9.17, 15) is 4.79 Å². The van der Waals surface area contributed by atoms with Crippen molar-refractivity contribution in [3.63, 3.8) is 0 Å². The van der Waals surface area contributed by atoms with Gasteiger partial charge >= 0.3 is 5.97 Å². The number of hydrogen-bond donors (Lipinski definition) is 0.